The molecular weight excluding hydrogens is 176 g/mol. The van der Waals surface area contributed by atoms with E-state index in [0.29, 0.717) is 11.9 Å². The lowest BCUT2D eigenvalue weighted by molar-refractivity contribution is 0.326. The summed E-state index contributed by atoms with van der Waals surface area (Å²) in [6.45, 7) is 3.06. The largest absolute Gasteiger partial charge is 0.384 e. The van der Waals surface area contributed by atoms with Crippen LogP contribution in [0.2, 0.25) is 0 Å². The molecule has 1 rings (SSSR count). The van der Waals surface area contributed by atoms with Crippen LogP contribution in [0, 0.1) is 0 Å². The molecule has 0 radical (unpaired) electrons. The number of hydrogen-bond acceptors (Lipinski definition) is 4. The van der Waals surface area contributed by atoms with Gasteiger partial charge in [0.25, 0.3) is 0 Å². The summed E-state index contributed by atoms with van der Waals surface area (Å²) >= 11 is 0. The van der Waals surface area contributed by atoms with Gasteiger partial charge in [-0.1, -0.05) is 0 Å². The van der Waals surface area contributed by atoms with E-state index in [0.717, 1.165) is 12.2 Å². The molecule has 0 aliphatic rings. The number of pyridine rings is 1. The fourth-order valence-corrected chi connectivity index (χ4v) is 1.01. The Morgan fingerprint density at radius 3 is 2.86 bits per heavy atom. The molecule has 4 heteroatoms. The molecular formula is C10H18N4. The summed E-state index contributed by atoms with van der Waals surface area (Å²) in [7, 11) is 4.13. The molecule has 1 aromatic heterocycles. The van der Waals surface area contributed by atoms with Crippen molar-refractivity contribution in [3.63, 3.8) is 0 Å². The smallest absolute Gasteiger partial charge is 0.125 e. The van der Waals surface area contributed by atoms with Crippen LogP contribution in [0.25, 0.3) is 0 Å². The van der Waals surface area contributed by atoms with Crippen molar-refractivity contribution in [2.75, 3.05) is 31.7 Å². The minimum Gasteiger partial charge on any atom is -0.384 e. The predicted octanol–water partition coefficient (Wildman–Crippen LogP) is 1.03. The molecule has 4 nitrogen and oxygen atoms in total. The average molecular weight is 194 g/mol. The van der Waals surface area contributed by atoms with Gasteiger partial charge in [0, 0.05) is 30.5 Å². The first-order valence-electron chi connectivity index (χ1n) is 4.71. The topological polar surface area (TPSA) is 54.2 Å². The van der Waals surface area contributed by atoms with E-state index in [1.54, 1.807) is 6.20 Å². The molecule has 0 saturated carbocycles. The maximum Gasteiger partial charge on any atom is 0.125 e. The van der Waals surface area contributed by atoms with E-state index in [2.05, 4.69) is 36.2 Å². The second-order valence-corrected chi connectivity index (χ2v) is 3.66. The highest BCUT2D eigenvalue weighted by molar-refractivity contribution is 5.49. The normalized spacial score (nSPS) is 12.9. The van der Waals surface area contributed by atoms with Gasteiger partial charge < -0.3 is 16.0 Å². The fourth-order valence-electron chi connectivity index (χ4n) is 1.01. The van der Waals surface area contributed by atoms with Crippen molar-refractivity contribution in [3.05, 3.63) is 18.3 Å². The first-order valence-corrected chi connectivity index (χ1v) is 4.71. The van der Waals surface area contributed by atoms with E-state index in [1.165, 1.54) is 0 Å². The summed E-state index contributed by atoms with van der Waals surface area (Å²) < 4.78 is 0. The van der Waals surface area contributed by atoms with E-state index in [9.17, 15) is 0 Å². The van der Waals surface area contributed by atoms with Gasteiger partial charge in [-0.3, -0.25) is 0 Å². The number of nitrogens with zero attached hydrogens (tertiary/aromatic N) is 2. The fraction of sp³-hybridized carbons (Fsp3) is 0.500. The van der Waals surface area contributed by atoms with Crippen LogP contribution in [-0.4, -0.2) is 36.6 Å². The molecule has 1 unspecified atom stereocenters. The molecule has 78 valence electrons. The van der Waals surface area contributed by atoms with Crippen LogP contribution in [0.15, 0.2) is 18.3 Å². The molecule has 1 atom stereocenters. The van der Waals surface area contributed by atoms with E-state index in [1.807, 2.05) is 12.1 Å². The predicted molar refractivity (Wildman–Crippen MR) is 60.3 cm³/mol. The number of rotatable bonds is 4. The van der Waals surface area contributed by atoms with Crippen LogP contribution in [-0.2, 0) is 0 Å². The van der Waals surface area contributed by atoms with Gasteiger partial charge in [-0.2, -0.15) is 0 Å². The Morgan fingerprint density at radius 1 is 1.57 bits per heavy atom. The quantitative estimate of drug-likeness (QED) is 0.751. The van der Waals surface area contributed by atoms with Crippen molar-refractivity contribution in [1.29, 1.82) is 0 Å². The van der Waals surface area contributed by atoms with Gasteiger partial charge in [-0.15, -0.1) is 0 Å². The minimum atomic E-state index is 0.490. The third-order valence-corrected chi connectivity index (χ3v) is 2.26. The lowest BCUT2D eigenvalue weighted by Crippen LogP contribution is -2.31. The molecule has 0 fully saturated rings. The second-order valence-electron chi connectivity index (χ2n) is 3.66. The van der Waals surface area contributed by atoms with Gasteiger partial charge in [0.05, 0.1) is 0 Å². The van der Waals surface area contributed by atoms with Crippen molar-refractivity contribution >= 4 is 11.5 Å². The van der Waals surface area contributed by atoms with E-state index >= 15 is 0 Å². The SMILES string of the molecule is CC(CNc1ccnc(N)c1)N(C)C. The Morgan fingerprint density at radius 2 is 2.29 bits per heavy atom. The Labute approximate surface area is 85.1 Å². The summed E-state index contributed by atoms with van der Waals surface area (Å²) in [6.07, 6.45) is 1.71. The standard InChI is InChI=1S/C10H18N4/c1-8(14(2)3)7-13-9-4-5-12-10(11)6-9/h4-6,8H,7H2,1-3H3,(H3,11,12,13). The van der Waals surface area contributed by atoms with Crippen molar-refractivity contribution in [2.24, 2.45) is 0 Å². The molecule has 14 heavy (non-hydrogen) atoms. The van der Waals surface area contributed by atoms with Crippen LogP contribution in [0.5, 0.6) is 0 Å². The highest BCUT2D eigenvalue weighted by Crippen LogP contribution is 2.08. The zero-order valence-electron chi connectivity index (χ0n) is 8.99. The molecule has 1 heterocycles. The van der Waals surface area contributed by atoms with Crippen LogP contribution in [0.4, 0.5) is 11.5 Å². The highest BCUT2D eigenvalue weighted by Gasteiger charge is 2.03. The summed E-state index contributed by atoms with van der Waals surface area (Å²) in [4.78, 5) is 6.09. The monoisotopic (exact) mass is 194 g/mol. The highest BCUT2D eigenvalue weighted by atomic mass is 15.1. The number of nitrogen functional groups attached to an aromatic ring is 1. The van der Waals surface area contributed by atoms with E-state index in [4.69, 9.17) is 5.73 Å². The minimum absolute atomic E-state index is 0.490. The number of nitrogens with one attached hydrogen (secondary N) is 1. The Bertz CT molecular complexity index is 285. The molecule has 0 saturated heterocycles. The lowest BCUT2D eigenvalue weighted by Gasteiger charge is -2.20. The maximum atomic E-state index is 5.56. The number of likely N-dealkylation sites (N-methyl/N-ethyl adjacent to an activating group) is 1. The Balaban J connectivity index is 2.45. The number of hydrogen-bond donors (Lipinski definition) is 2. The maximum absolute atomic E-state index is 5.56. The van der Waals surface area contributed by atoms with Crippen molar-refractivity contribution in [3.8, 4) is 0 Å². The molecule has 0 bridgehead atoms. The number of anilines is 2. The van der Waals surface area contributed by atoms with Crippen molar-refractivity contribution < 1.29 is 0 Å². The summed E-state index contributed by atoms with van der Waals surface area (Å²) in [5.41, 5.74) is 6.58. The molecule has 0 aliphatic carbocycles. The third kappa shape index (κ3) is 3.22. The first-order chi connectivity index (χ1) is 6.59. The summed E-state index contributed by atoms with van der Waals surface area (Å²) in [6, 6.07) is 4.24. The lowest BCUT2D eigenvalue weighted by atomic mass is 10.3. The Hall–Kier alpha value is -1.29. The van der Waals surface area contributed by atoms with Crippen molar-refractivity contribution in [1.82, 2.24) is 9.88 Å². The Kier molecular flexibility index (Phi) is 3.71. The molecule has 0 aliphatic heterocycles. The van der Waals surface area contributed by atoms with Gasteiger partial charge >= 0.3 is 0 Å². The molecule has 0 aromatic carbocycles. The zero-order valence-corrected chi connectivity index (χ0v) is 8.99. The molecule has 0 amide bonds. The van der Waals surface area contributed by atoms with Gasteiger partial charge in [0.2, 0.25) is 0 Å². The van der Waals surface area contributed by atoms with E-state index < -0.39 is 0 Å². The average Bonchev–Trinajstić information content (AvgIpc) is 2.14. The molecule has 3 N–H and O–H groups in total. The zero-order chi connectivity index (χ0) is 10.6. The van der Waals surface area contributed by atoms with Gasteiger partial charge in [0.15, 0.2) is 0 Å². The van der Waals surface area contributed by atoms with Gasteiger partial charge in [0.1, 0.15) is 5.82 Å². The molecule has 0 spiro atoms. The van der Waals surface area contributed by atoms with E-state index in [-0.39, 0.29) is 0 Å². The number of nitrogens with two attached hydrogens (primary N) is 1. The van der Waals surface area contributed by atoms with Gasteiger partial charge in [-0.05, 0) is 27.1 Å². The third-order valence-electron chi connectivity index (χ3n) is 2.26. The van der Waals surface area contributed by atoms with Crippen LogP contribution in [0.1, 0.15) is 6.92 Å². The first kappa shape index (κ1) is 10.8. The van der Waals surface area contributed by atoms with Crippen LogP contribution in [0.3, 0.4) is 0 Å². The second kappa shape index (κ2) is 4.81. The van der Waals surface area contributed by atoms with Gasteiger partial charge in [-0.25, -0.2) is 4.98 Å². The van der Waals surface area contributed by atoms with Crippen LogP contribution < -0.4 is 11.1 Å². The summed E-state index contributed by atoms with van der Waals surface area (Å²) in [5, 5.41) is 3.30. The molecule has 1 aromatic rings. The number of aromatic nitrogens is 1. The van der Waals surface area contributed by atoms with Crippen molar-refractivity contribution in [2.45, 2.75) is 13.0 Å². The summed E-state index contributed by atoms with van der Waals surface area (Å²) in [5.74, 6) is 0.549. The van der Waals surface area contributed by atoms with Crippen LogP contribution >= 0.6 is 0 Å².